The highest BCUT2D eigenvalue weighted by Crippen LogP contribution is 2.14. The van der Waals surface area contributed by atoms with Gasteiger partial charge in [0.25, 0.3) is 0 Å². The summed E-state index contributed by atoms with van der Waals surface area (Å²) in [6.45, 7) is 10.4. The van der Waals surface area contributed by atoms with Crippen LogP contribution in [-0.4, -0.2) is 17.7 Å². The number of carboxylic acid groups (broad SMARTS) is 1. The molecule has 0 bridgehead atoms. The molecular formula is C10H14O3. The molecule has 0 atom stereocenters. The van der Waals surface area contributed by atoms with Crippen LogP contribution in [0.2, 0.25) is 0 Å². The Morgan fingerprint density at radius 1 is 1.54 bits per heavy atom. The molecule has 0 aliphatic carbocycles. The second kappa shape index (κ2) is 5.19. The monoisotopic (exact) mass is 182 g/mol. The minimum atomic E-state index is -1.00. The lowest BCUT2D eigenvalue weighted by atomic mass is 10.2. The summed E-state index contributed by atoms with van der Waals surface area (Å²) < 4.78 is 5.03. The van der Waals surface area contributed by atoms with Crippen molar-refractivity contribution in [1.82, 2.24) is 0 Å². The highest BCUT2D eigenvalue weighted by molar-refractivity contribution is 5.68. The number of aliphatic carboxylic acids is 1. The Morgan fingerprint density at radius 2 is 2.08 bits per heavy atom. The molecule has 0 spiro atoms. The molecule has 0 rings (SSSR count). The number of ether oxygens (including phenoxy) is 1. The van der Waals surface area contributed by atoms with Crippen molar-refractivity contribution in [2.45, 2.75) is 13.8 Å². The lowest BCUT2D eigenvalue weighted by Crippen LogP contribution is -2.08. The molecule has 0 aromatic rings. The fourth-order valence-electron chi connectivity index (χ4n) is 0.800. The highest BCUT2D eigenvalue weighted by atomic mass is 16.5. The lowest BCUT2D eigenvalue weighted by molar-refractivity contribution is -0.140. The Kier molecular flexibility index (Phi) is 4.59. The molecule has 0 heterocycles. The smallest absolute Gasteiger partial charge is 0.341 e. The summed E-state index contributed by atoms with van der Waals surface area (Å²) in [5, 5.41) is 8.40. The minimum absolute atomic E-state index is 0.354. The Labute approximate surface area is 78.0 Å². The molecule has 1 N–H and O–H groups in total. The number of hydrogen-bond acceptors (Lipinski definition) is 2. The van der Waals surface area contributed by atoms with E-state index < -0.39 is 5.97 Å². The van der Waals surface area contributed by atoms with E-state index in [1.807, 2.05) is 0 Å². The van der Waals surface area contributed by atoms with Crippen LogP contribution in [0.25, 0.3) is 0 Å². The minimum Gasteiger partial charge on any atom is -0.481 e. The summed E-state index contributed by atoms with van der Waals surface area (Å²) >= 11 is 0. The van der Waals surface area contributed by atoms with Gasteiger partial charge in [-0.2, -0.15) is 0 Å². The van der Waals surface area contributed by atoms with Gasteiger partial charge >= 0.3 is 5.97 Å². The van der Waals surface area contributed by atoms with E-state index in [0.717, 1.165) is 5.57 Å². The van der Waals surface area contributed by atoms with Gasteiger partial charge in [0.05, 0.1) is 0 Å². The van der Waals surface area contributed by atoms with Gasteiger partial charge in [-0.3, -0.25) is 0 Å². The van der Waals surface area contributed by atoms with Gasteiger partial charge in [-0.05, 0) is 25.0 Å². The predicted octanol–water partition coefficient (Wildman–Crippen LogP) is 2.12. The maximum absolute atomic E-state index is 10.2. The maximum Gasteiger partial charge on any atom is 0.341 e. The van der Waals surface area contributed by atoms with Crippen molar-refractivity contribution in [1.29, 1.82) is 0 Å². The van der Waals surface area contributed by atoms with Crippen LogP contribution in [0.1, 0.15) is 13.8 Å². The van der Waals surface area contributed by atoms with Crippen LogP contribution in [-0.2, 0) is 9.53 Å². The molecular weight excluding hydrogens is 168 g/mol. The number of carboxylic acids is 1. The van der Waals surface area contributed by atoms with Gasteiger partial charge in [-0.15, -0.1) is 0 Å². The first-order valence-corrected chi connectivity index (χ1v) is 3.82. The van der Waals surface area contributed by atoms with Crippen LogP contribution >= 0.6 is 0 Å². The Bertz CT molecular complexity index is 261. The van der Waals surface area contributed by atoms with E-state index in [9.17, 15) is 4.79 Å². The predicted molar refractivity (Wildman–Crippen MR) is 51.3 cm³/mol. The van der Waals surface area contributed by atoms with E-state index in [0.29, 0.717) is 11.3 Å². The second-order valence-electron chi connectivity index (χ2n) is 2.68. The van der Waals surface area contributed by atoms with Crippen LogP contribution in [0.5, 0.6) is 0 Å². The molecule has 0 saturated carbocycles. The molecule has 0 saturated heterocycles. The molecule has 3 nitrogen and oxygen atoms in total. The molecule has 72 valence electrons. The number of carbonyl (C=O) groups is 1. The zero-order chi connectivity index (χ0) is 10.4. The Hall–Kier alpha value is -1.51. The van der Waals surface area contributed by atoms with E-state index >= 15 is 0 Å². The SMILES string of the molecule is C=C/C(C)=C(/OCC(=O)O)C(=C)C. The second-order valence-corrected chi connectivity index (χ2v) is 2.68. The first kappa shape index (κ1) is 11.5. The van der Waals surface area contributed by atoms with Crippen molar-refractivity contribution in [3.63, 3.8) is 0 Å². The van der Waals surface area contributed by atoms with Gasteiger partial charge in [0.15, 0.2) is 6.61 Å². The fraction of sp³-hybridized carbons (Fsp3) is 0.300. The van der Waals surface area contributed by atoms with Crippen molar-refractivity contribution in [2.24, 2.45) is 0 Å². The molecule has 0 aromatic heterocycles. The topological polar surface area (TPSA) is 46.5 Å². The van der Waals surface area contributed by atoms with E-state index in [4.69, 9.17) is 9.84 Å². The van der Waals surface area contributed by atoms with E-state index in [1.165, 1.54) is 0 Å². The van der Waals surface area contributed by atoms with E-state index in [2.05, 4.69) is 13.2 Å². The van der Waals surface area contributed by atoms with Gasteiger partial charge in [-0.25, -0.2) is 4.79 Å². The average Bonchev–Trinajstić information content (AvgIpc) is 2.03. The molecule has 3 heteroatoms. The van der Waals surface area contributed by atoms with Gasteiger partial charge in [0.1, 0.15) is 5.76 Å². The standard InChI is InChI=1S/C10H14O3/c1-5-8(4)10(7(2)3)13-6-9(11)12/h5H,1-2,6H2,3-4H3,(H,11,12)/b10-8+. The molecule has 0 aromatic carbocycles. The fourth-order valence-corrected chi connectivity index (χ4v) is 0.800. The number of hydrogen-bond donors (Lipinski definition) is 1. The van der Waals surface area contributed by atoms with Crippen LogP contribution in [0.15, 0.2) is 36.1 Å². The van der Waals surface area contributed by atoms with Crippen molar-refractivity contribution in [2.75, 3.05) is 6.61 Å². The molecule has 0 aliphatic rings. The van der Waals surface area contributed by atoms with Gasteiger partial charge in [-0.1, -0.05) is 19.2 Å². The number of rotatable bonds is 5. The largest absolute Gasteiger partial charge is 0.481 e. The van der Waals surface area contributed by atoms with Crippen LogP contribution < -0.4 is 0 Å². The van der Waals surface area contributed by atoms with E-state index in [1.54, 1.807) is 19.9 Å². The third kappa shape index (κ3) is 4.15. The van der Waals surface area contributed by atoms with Crippen LogP contribution in [0.4, 0.5) is 0 Å². The first-order chi connectivity index (χ1) is 5.99. The summed E-state index contributed by atoms with van der Waals surface area (Å²) in [6, 6.07) is 0. The quantitative estimate of drug-likeness (QED) is 0.523. The lowest BCUT2D eigenvalue weighted by Gasteiger charge is -2.09. The summed E-state index contributed by atoms with van der Waals surface area (Å²) in [6.07, 6.45) is 1.60. The Morgan fingerprint density at radius 3 is 2.38 bits per heavy atom. The zero-order valence-corrected chi connectivity index (χ0v) is 7.96. The third-order valence-corrected chi connectivity index (χ3v) is 1.39. The summed E-state index contributed by atoms with van der Waals surface area (Å²) in [5.41, 5.74) is 1.48. The normalized spacial score (nSPS) is 11.5. The summed E-state index contributed by atoms with van der Waals surface area (Å²) in [4.78, 5) is 10.2. The van der Waals surface area contributed by atoms with E-state index in [-0.39, 0.29) is 6.61 Å². The maximum atomic E-state index is 10.2. The van der Waals surface area contributed by atoms with Crippen molar-refractivity contribution >= 4 is 5.97 Å². The molecule has 0 unspecified atom stereocenters. The molecule has 0 aliphatic heterocycles. The van der Waals surface area contributed by atoms with Crippen LogP contribution in [0.3, 0.4) is 0 Å². The van der Waals surface area contributed by atoms with Crippen molar-refractivity contribution in [3.05, 3.63) is 36.1 Å². The molecule has 0 amide bonds. The van der Waals surface area contributed by atoms with Crippen molar-refractivity contribution < 1.29 is 14.6 Å². The first-order valence-electron chi connectivity index (χ1n) is 3.82. The summed E-state index contributed by atoms with van der Waals surface area (Å²) in [7, 11) is 0. The van der Waals surface area contributed by atoms with Gasteiger partial charge in [0, 0.05) is 0 Å². The van der Waals surface area contributed by atoms with Crippen LogP contribution in [0, 0.1) is 0 Å². The average molecular weight is 182 g/mol. The van der Waals surface area contributed by atoms with Gasteiger partial charge in [0.2, 0.25) is 0 Å². The highest BCUT2D eigenvalue weighted by Gasteiger charge is 2.05. The summed E-state index contributed by atoms with van der Waals surface area (Å²) in [5.74, 6) is -0.506. The molecule has 0 radical (unpaired) electrons. The van der Waals surface area contributed by atoms with Crippen molar-refractivity contribution in [3.8, 4) is 0 Å². The number of allylic oxidation sites excluding steroid dienone is 3. The zero-order valence-electron chi connectivity index (χ0n) is 7.96. The molecule has 0 fully saturated rings. The molecule has 13 heavy (non-hydrogen) atoms. The Balaban J connectivity index is 4.54. The van der Waals surface area contributed by atoms with Gasteiger partial charge < -0.3 is 9.84 Å². The third-order valence-electron chi connectivity index (χ3n) is 1.39.